The minimum absolute atomic E-state index is 0.0385. The second-order valence-electron chi connectivity index (χ2n) is 7.75. The lowest BCUT2D eigenvalue weighted by Gasteiger charge is -2.34. The van der Waals surface area contributed by atoms with Gasteiger partial charge in [-0.15, -0.1) is 0 Å². The maximum Gasteiger partial charge on any atom is 0.333 e. The number of aromatic amines is 1. The molecule has 1 amide bonds. The molecule has 0 saturated heterocycles. The van der Waals surface area contributed by atoms with Gasteiger partial charge in [-0.3, -0.25) is 9.59 Å². The lowest BCUT2D eigenvalue weighted by molar-refractivity contribution is 0.0336. The molecule has 170 valence electrons. The van der Waals surface area contributed by atoms with Crippen molar-refractivity contribution < 1.29 is 27.1 Å². The van der Waals surface area contributed by atoms with Crippen LogP contribution in [0.15, 0.2) is 41.3 Å². The third kappa shape index (κ3) is 3.35. The number of hydrogen-bond donors (Lipinski definition) is 1. The van der Waals surface area contributed by atoms with Crippen LogP contribution in [0.4, 0.5) is 17.6 Å². The van der Waals surface area contributed by atoms with Crippen LogP contribution in [0.3, 0.4) is 0 Å². The van der Waals surface area contributed by atoms with Gasteiger partial charge in [0, 0.05) is 29.3 Å². The molecule has 33 heavy (non-hydrogen) atoms. The molecule has 1 atom stereocenters. The van der Waals surface area contributed by atoms with E-state index >= 15 is 0 Å². The van der Waals surface area contributed by atoms with Gasteiger partial charge in [-0.2, -0.15) is 13.9 Å². The first-order valence-corrected chi connectivity index (χ1v) is 9.90. The molecule has 0 radical (unpaired) electrons. The summed E-state index contributed by atoms with van der Waals surface area (Å²) in [6, 6.07) is 5.29. The third-order valence-electron chi connectivity index (χ3n) is 5.86. The zero-order chi connectivity index (χ0) is 23.4. The number of aromatic nitrogens is 3. The predicted molar refractivity (Wildman–Crippen MR) is 110 cm³/mol. The normalized spacial score (nSPS) is 15.9. The number of benzene rings is 2. The fraction of sp³-hybridized carbons (Fsp3) is 0.227. The Kier molecular flexibility index (Phi) is 4.93. The number of halogens is 4. The molecule has 7 nitrogen and oxygen atoms in total. The van der Waals surface area contributed by atoms with Crippen molar-refractivity contribution in [1.82, 2.24) is 19.7 Å². The monoisotopic (exact) mass is 460 g/mol. The van der Waals surface area contributed by atoms with Gasteiger partial charge in [0.15, 0.2) is 11.6 Å². The number of alkyl halides is 2. The van der Waals surface area contributed by atoms with Gasteiger partial charge < -0.3 is 14.6 Å². The Hall–Kier alpha value is -3.73. The molecule has 2 aromatic heterocycles. The van der Waals surface area contributed by atoms with Crippen molar-refractivity contribution in [3.8, 4) is 0 Å². The maximum atomic E-state index is 14.0. The van der Waals surface area contributed by atoms with Gasteiger partial charge in [-0.1, -0.05) is 0 Å². The van der Waals surface area contributed by atoms with Crippen molar-refractivity contribution in [2.75, 3.05) is 13.7 Å². The van der Waals surface area contributed by atoms with Crippen molar-refractivity contribution in [3.05, 3.63) is 75.3 Å². The van der Waals surface area contributed by atoms with E-state index in [0.717, 1.165) is 12.1 Å². The minimum atomic E-state index is -2.82. The summed E-state index contributed by atoms with van der Waals surface area (Å²) in [6.45, 7) is -2.72. The zero-order valence-electron chi connectivity index (χ0n) is 17.1. The van der Waals surface area contributed by atoms with Crippen molar-refractivity contribution in [3.63, 3.8) is 0 Å². The van der Waals surface area contributed by atoms with Crippen LogP contribution in [-0.4, -0.2) is 39.2 Å². The number of nitrogens with one attached hydrogen (secondary N) is 1. The highest BCUT2D eigenvalue weighted by Crippen LogP contribution is 2.34. The van der Waals surface area contributed by atoms with E-state index in [9.17, 15) is 27.2 Å². The van der Waals surface area contributed by atoms with Crippen molar-refractivity contribution in [2.45, 2.75) is 19.2 Å². The number of carbonyl (C=O) groups excluding carboxylic acids is 1. The van der Waals surface area contributed by atoms with Gasteiger partial charge in [-0.05, 0) is 35.7 Å². The molecule has 5 rings (SSSR count). The summed E-state index contributed by atoms with van der Waals surface area (Å²) < 4.78 is 60.0. The number of hydrogen-bond acceptors (Lipinski definition) is 4. The Morgan fingerprint density at radius 3 is 2.67 bits per heavy atom. The summed E-state index contributed by atoms with van der Waals surface area (Å²) in [5.74, 6) is -2.72. The second-order valence-corrected chi connectivity index (χ2v) is 7.75. The SMILES string of the molecule is CN(C(=O)c1ccc2c(cnn2C(F)F)c1)[C@@H]1COCc2[nH]c(=O)c3cc(F)c(F)cc3c21. The molecule has 0 bridgehead atoms. The lowest BCUT2D eigenvalue weighted by Crippen LogP contribution is -2.37. The number of rotatable bonds is 3. The Labute approximate surface area is 183 Å². The summed E-state index contributed by atoms with van der Waals surface area (Å²) >= 11 is 0. The van der Waals surface area contributed by atoms with Crippen LogP contribution in [0, 0.1) is 11.6 Å². The first-order valence-electron chi connectivity index (χ1n) is 9.90. The first kappa shape index (κ1) is 21.1. The summed E-state index contributed by atoms with van der Waals surface area (Å²) in [7, 11) is 1.51. The average molecular weight is 460 g/mol. The largest absolute Gasteiger partial charge is 0.373 e. The standard InChI is InChI=1S/C22H16F4N4O3/c1-29(21(32)10-2-3-17-11(4-10)7-27-30(17)22(25)26)18-9-33-8-16-19(18)12-5-14(23)15(24)6-13(12)20(31)28-16/h2-7,18,22H,8-9H2,1H3,(H,28,31)/t18-/m1/s1. The quantitative estimate of drug-likeness (QED) is 0.471. The zero-order valence-corrected chi connectivity index (χ0v) is 17.1. The topological polar surface area (TPSA) is 80.2 Å². The molecule has 1 aliphatic rings. The molecule has 1 N–H and O–H groups in total. The van der Waals surface area contributed by atoms with Crippen LogP contribution in [0.5, 0.6) is 0 Å². The third-order valence-corrected chi connectivity index (χ3v) is 5.86. The second kappa shape index (κ2) is 7.69. The van der Waals surface area contributed by atoms with Crippen LogP contribution in [0.1, 0.15) is 34.2 Å². The number of carbonyl (C=O) groups is 1. The number of pyridine rings is 1. The molecule has 0 saturated carbocycles. The highest BCUT2D eigenvalue weighted by atomic mass is 19.3. The predicted octanol–water partition coefficient (Wildman–Crippen LogP) is 3.89. The lowest BCUT2D eigenvalue weighted by atomic mass is 9.95. The summed E-state index contributed by atoms with van der Waals surface area (Å²) in [5, 5.41) is 4.15. The number of nitrogens with zero attached hydrogens (tertiary/aromatic N) is 3. The van der Waals surface area contributed by atoms with E-state index in [0.29, 0.717) is 21.3 Å². The van der Waals surface area contributed by atoms with Gasteiger partial charge in [0.05, 0.1) is 36.4 Å². The molecule has 3 heterocycles. The molecule has 0 spiro atoms. The molecular formula is C22H16F4N4O3. The average Bonchev–Trinajstić information content (AvgIpc) is 3.22. The highest BCUT2D eigenvalue weighted by Gasteiger charge is 2.31. The Morgan fingerprint density at radius 2 is 1.94 bits per heavy atom. The minimum Gasteiger partial charge on any atom is -0.373 e. The molecule has 0 unspecified atom stereocenters. The molecule has 11 heteroatoms. The van der Waals surface area contributed by atoms with Crippen LogP contribution in [0.25, 0.3) is 21.7 Å². The van der Waals surface area contributed by atoms with Gasteiger partial charge in [0.1, 0.15) is 0 Å². The van der Waals surface area contributed by atoms with Crippen LogP contribution < -0.4 is 5.56 Å². The van der Waals surface area contributed by atoms with Crippen molar-refractivity contribution in [1.29, 1.82) is 0 Å². The molecule has 0 fully saturated rings. The van der Waals surface area contributed by atoms with Gasteiger partial charge in [0.2, 0.25) is 0 Å². The van der Waals surface area contributed by atoms with Crippen molar-refractivity contribution >= 4 is 27.6 Å². The van der Waals surface area contributed by atoms with Crippen LogP contribution in [-0.2, 0) is 11.3 Å². The molecule has 4 aromatic rings. The van der Waals surface area contributed by atoms with E-state index in [1.54, 1.807) is 0 Å². The summed E-state index contributed by atoms with van der Waals surface area (Å²) in [4.78, 5) is 29.6. The molecular weight excluding hydrogens is 444 g/mol. The van der Waals surface area contributed by atoms with E-state index in [1.165, 1.54) is 36.3 Å². The Bertz CT molecular complexity index is 1480. The molecule has 0 aliphatic carbocycles. The summed E-state index contributed by atoms with van der Waals surface area (Å²) in [5.41, 5.74) is 0.621. The number of amides is 1. The highest BCUT2D eigenvalue weighted by molar-refractivity contribution is 5.98. The van der Waals surface area contributed by atoms with E-state index < -0.39 is 35.7 Å². The van der Waals surface area contributed by atoms with Gasteiger partial charge in [0.25, 0.3) is 11.5 Å². The maximum absolute atomic E-state index is 14.0. The van der Waals surface area contributed by atoms with E-state index in [1.807, 2.05) is 0 Å². The van der Waals surface area contributed by atoms with E-state index in [2.05, 4.69) is 10.1 Å². The van der Waals surface area contributed by atoms with Gasteiger partial charge in [-0.25, -0.2) is 13.5 Å². The molecule has 2 aromatic carbocycles. The van der Waals surface area contributed by atoms with E-state index in [4.69, 9.17) is 4.74 Å². The number of H-pyrrole nitrogens is 1. The Morgan fingerprint density at radius 1 is 1.21 bits per heavy atom. The number of likely N-dealkylation sites (N-methyl/N-ethyl adjacent to an activating group) is 1. The van der Waals surface area contributed by atoms with Crippen molar-refractivity contribution in [2.24, 2.45) is 0 Å². The smallest absolute Gasteiger partial charge is 0.333 e. The number of ether oxygens (including phenoxy) is 1. The summed E-state index contributed by atoms with van der Waals surface area (Å²) in [6.07, 6.45) is 1.24. The van der Waals surface area contributed by atoms with Crippen LogP contribution >= 0.6 is 0 Å². The number of fused-ring (bicyclic) bond motifs is 4. The first-order chi connectivity index (χ1) is 15.8. The molecule has 1 aliphatic heterocycles. The fourth-order valence-electron chi connectivity index (χ4n) is 4.23. The van der Waals surface area contributed by atoms with Crippen LogP contribution in [0.2, 0.25) is 0 Å². The van der Waals surface area contributed by atoms with Gasteiger partial charge >= 0.3 is 6.55 Å². The fourth-order valence-corrected chi connectivity index (χ4v) is 4.23. The van der Waals surface area contributed by atoms with E-state index in [-0.39, 0.29) is 35.1 Å². The Balaban J connectivity index is 1.58.